The number of nitrogens with zero attached hydrogens (tertiary/aromatic N) is 5. The van der Waals surface area contributed by atoms with Gasteiger partial charge >= 0.3 is 5.69 Å². The van der Waals surface area contributed by atoms with Gasteiger partial charge < -0.3 is 10.2 Å². The Bertz CT molecular complexity index is 1740. The zero-order valence-electron chi connectivity index (χ0n) is 23.2. The SMILES string of the molecule is CCC[C@@H]1N[C@H](C)Cc2nn(-c3cc(C)c(F)c(C)c3)c(-n3ccn(-c4ccc5c(c4)N(C)C(=O)C5=O)c3=O)c21. The van der Waals surface area contributed by atoms with Crippen molar-refractivity contribution in [2.45, 2.75) is 59.0 Å². The number of fused-ring (bicyclic) bond motifs is 2. The minimum Gasteiger partial charge on any atom is -0.308 e. The maximum Gasteiger partial charge on any atom is 0.338 e. The summed E-state index contributed by atoms with van der Waals surface area (Å²) < 4.78 is 19.4. The van der Waals surface area contributed by atoms with Gasteiger partial charge in [0.1, 0.15) is 11.6 Å². The maximum absolute atomic E-state index is 14.6. The van der Waals surface area contributed by atoms with Crippen LogP contribution >= 0.6 is 0 Å². The van der Waals surface area contributed by atoms with Gasteiger partial charge in [-0.05, 0) is 68.7 Å². The number of likely N-dealkylation sites (N-methyl/N-ethyl adjacent to an activating group) is 1. The normalized spacial score (nSPS) is 18.4. The summed E-state index contributed by atoms with van der Waals surface area (Å²) in [4.78, 5) is 39.8. The van der Waals surface area contributed by atoms with E-state index >= 15 is 0 Å². The van der Waals surface area contributed by atoms with Gasteiger partial charge in [0.25, 0.3) is 11.7 Å². The predicted octanol–water partition coefficient (Wildman–Crippen LogP) is 4.10. The van der Waals surface area contributed by atoms with E-state index in [9.17, 15) is 18.8 Å². The number of anilines is 1. The number of ketones is 1. The van der Waals surface area contributed by atoms with E-state index in [0.717, 1.165) is 24.1 Å². The summed E-state index contributed by atoms with van der Waals surface area (Å²) in [6.45, 7) is 7.70. The molecule has 0 saturated carbocycles. The first-order valence-electron chi connectivity index (χ1n) is 13.5. The minimum atomic E-state index is -0.596. The van der Waals surface area contributed by atoms with Crippen molar-refractivity contribution in [3.63, 3.8) is 0 Å². The van der Waals surface area contributed by atoms with Crippen LogP contribution in [0.2, 0.25) is 0 Å². The number of rotatable bonds is 5. The van der Waals surface area contributed by atoms with Gasteiger partial charge in [0.2, 0.25) is 0 Å². The molecule has 1 amide bonds. The highest BCUT2D eigenvalue weighted by atomic mass is 19.1. The molecule has 10 heteroatoms. The second-order valence-corrected chi connectivity index (χ2v) is 10.8. The third-order valence-electron chi connectivity index (χ3n) is 7.92. The highest BCUT2D eigenvalue weighted by Gasteiger charge is 2.35. The smallest absolute Gasteiger partial charge is 0.308 e. The number of nitrogens with one attached hydrogen (secondary N) is 1. The zero-order valence-corrected chi connectivity index (χ0v) is 23.2. The summed E-state index contributed by atoms with van der Waals surface area (Å²) >= 11 is 0. The zero-order chi connectivity index (χ0) is 28.5. The molecule has 0 aliphatic carbocycles. The van der Waals surface area contributed by atoms with Crippen molar-refractivity contribution in [2.75, 3.05) is 11.9 Å². The first-order valence-corrected chi connectivity index (χ1v) is 13.5. The largest absolute Gasteiger partial charge is 0.338 e. The Morgan fingerprint density at radius 1 is 1.02 bits per heavy atom. The van der Waals surface area contributed by atoms with Crippen molar-refractivity contribution in [1.82, 2.24) is 24.2 Å². The van der Waals surface area contributed by atoms with Gasteiger partial charge in [-0.3, -0.25) is 18.7 Å². The fraction of sp³-hybridized carbons (Fsp3) is 0.333. The van der Waals surface area contributed by atoms with E-state index < -0.39 is 11.7 Å². The number of amides is 1. The molecule has 206 valence electrons. The van der Waals surface area contributed by atoms with Crippen molar-refractivity contribution >= 4 is 17.4 Å². The van der Waals surface area contributed by atoms with Crippen molar-refractivity contribution in [2.24, 2.45) is 0 Å². The summed E-state index contributed by atoms with van der Waals surface area (Å²) in [5, 5.41) is 8.67. The fourth-order valence-corrected chi connectivity index (χ4v) is 5.97. The molecule has 0 unspecified atom stereocenters. The van der Waals surface area contributed by atoms with Crippen LogP contribution in [0.4, 0.5) is 10.1 Å². The number of carbonyl (C=O) groups excluding carboxylic acids is 2. The van der Waals surface area contributed by atoms with Crippen LogP contribution in [-0.4, -0.2) is 43.7 Å². The molecule has 0 spiro atoms. The van der Waals surface area contributed by atoms with E-state index in [-0.39, 0.29) is 23.6 Å². The van der Waals surface area contributed by atoms with E-state index in [2.05, 4.69) is 19.2 Å². The number of aromatic nitrogens is 4. The molecule has 4 aromatic rings. The number of hydrogen-bond acceptors (Lipinski definition) is 5. The lowest BCUT2D eigenvalue weighted by Crippen LogP contribution is -2.38. The van der Waals surface area contributed by atoms with Gasteiger partial charge in [0, 0.05) is 43.5 Å². The van der Waals surface area contributed by atoms with E-state index in [4.69, 9.17) is 5.10 Å². The summed E-state index contributed by atoms with van der Waals surface area (Å²) in [7, 11) is 1.54. The Kier molecular flexibility index (Phi) is 6.10. The van der Waals surface area contributed by atoms with E-state index in [1.54, 1.807) is 72.9 Å². The van der Waals surface area contributed by atoms with E-state index in [1.165, 1.54) is 9.47 Å². The molecular weight excluding hydrogens is 511 g/mol. The first-order chi connectivity index (χ1) is 19.1. The standard InChI is InChI=1S/C30H31FN6O3/c1-6-7-22-25-23(14-18(4)32-22)33-37(20-12-16(2)26(31)17(3)13-20)28(25)36-11-10-35(30(36)40)19-8-9-21-24(15-19)34(5)29(39)27(21)38/h8-13,15,18,22,32H,6-7,14H2,1-5H3/t18-,22+/m1/s1. The van der Waals surface area contributed by atoms with Crippen LogP contribution in [0, 0.1) is 19.7 Å². The van der Waals surface area contributed by atoms with E-state index in [0.29, 0.717) is 46.0 Å². The maximum atomic E-state index is 14.6. The second kappa shape index (κ2) is 9.41. The summed E-state index contributed by atoms with van der Waals surface area (Å²) in [5.74, 6) is -0.798. The van der Waals surface area contributed by atoms with Crippen LogP contribution in [0.5, 0.6) is 0 Å². The van der Waals surface area contributed by atoms with Crippen LogP contribution in [0.1, 0.15) is 65.5 Å². The topological polar surface area (TPSA) is 94.2 Å². The van der Waals surface area contributed by atoms with Crippen molar-refractivity contribution in [3.8, 4) is 17.2 Å². The van der Waals surface area contributed by atoms with Gasteiger partial charge in [-0.2, -0.15) is 5.10 Å². The minimum absolute atomic E-state index is 0.00365. The molecule has 2 aliphatic rings. The Balaban J connectivity index is 1.56. The number of imidazole rings is 1. The molecule has 0 saturated heterocycles. The molecule has 4 heterocycles. The van der Waals surface area contributed by atoms with Crippen LogP contribution in [0.25, 0.3) is 17.2 Å². The van der Waals surface area contributed by atoms with Crippen LogP contribution < -0.4 is 15.9 Å². The van der Waals surface area contributed by atoms with E-state index in [1.807, 2.05) is 0 Å². The highest BCUT2D eigenvalue weighted by Crippen LogP contribution is 2.35. The third kappa shape index (κ3) is 3.85. The first kappa shape index (κ1) is 25.9. The predicted molar refractivity (Wildman–Crippen MR) is 150 cm³/mol. The molecule has 2 aromatic heterocycles. The third-order valence-corrected chi connectivity index (χ3v) is 7.92. The summed E-state index contributed by atoms with van der Waals surface area (Å²) in [5.41, 5.74) is 4.55. The lowest BCUT2D eigenvalue weighted by molar-refractivity contribution is -0.114. The molecule has 0 bridgehead atoms. The molecule has 2 aliphatic heterocycles. The summed E-state index contributed by atoms with van der Waals surface area (Å²) in [6, 6.07) is 8.63. The lowest BCUT2D eigenvalue weighted by atomic mass is 9.93. The van der Waals surface area contributed by atoms with Crippen molar-refractivity contribution in [3.05, 3.63) is 87.0 Å². The average molecular weight is 543 g/mol. The number of carbonyl (C=O) groups is 2. The Morgan fingerprint density at radius 2 is 1.73 bits per heavy atom. The van der Waals surface area contributed by atoms with Crippen LogP contribution in [0.15, 0.2) is 47.5 Å². The van der Waals surface area contributed by atoms with Crippen molar-refractivity contribution < 1.29 is 14.0 Å². The average Bonchev–Trinajstić information content (AvgIpc) is 3.55. The molecular formula is C30H31FN6O3. The molecule has 2 aromatic carbocycles. The molecule has 2 atom stereocenters. The number of halogens is 1. The number of aryl methyl sites for hydroxylation is 2. The Morgan fingerprint density at radius 3 is 2.42 bits per heavy atom. The van der Waals surface area contributed by atoms with Crippen LogP contribution in [0.3, 0.4) is 0 Å². The van der Waals surface area contributed by atoms with Gasteiger partial charge in [-0.1, -0.05) is 13.3 Å². The quantitative estimate of drug-likeness (QED) is 0.383. The Labute approximate surface area is 230 Å². The van der Waals surface area contributed by atoms with Crippen LogP contribution in [-0.2, 0) is 11.2 Å². The monoisotopic (exact) mass is 542 g/mol. The molecule has 40 heavy (non-hydrogen) atoms. The highest BCUT2D eigenvalue weighted by molar-refractivity contribution is 6.52. The van der Waals surface area contributed by atoms with Gasteiger partial charge in [0.15, 0.2) is 0 Å². The molecule has 6 rings (SSSR count). The molecule has 1 N–H and O–H groups in total. The van der Waals surface area contributed by atoms with Gasteiger partial charge in [0.05, 0.1) is 28.3 Å². The lowest BCUT2D eigenvalue weighted by Gasteiger charge is -2.29. The van der Waals surface area contributed by atoms with Gasteiger partial charge in [-0.25, -0.2) is 13.9 Å². The Hall–Kier alpha value is -4.31. The molecule has 0 fully saturated rings. The second-order valence-electron chi connectivity index (χ2n) is 10.8. The van der Waals surface area contributed by atoms with Gasteiger partial charge in [-0.15, -0.1) is 0 Å². The number of Topliss-reactive ketones (excluding diaryl/α,β-unsaturated/α-hetero) is 1. The number of benzene rings is 2. The number of hydrogen-bond donors (Lipinski definition) is 1. The summed E-state index contributed by atoms with van der Waals surface area (Å²) in [6.07, 6.45) is 5.88. The van der Waals surface area contributed by atoms with Crippen molar-refractivity contribution in [1.29, 1.82) is 0 Å². The molecule has 9 nitrogen and oxygen atoms in total. The molecule has 0 radical (unpaired) electrons. The fourth-order valence-electron chi connectivity index (χ4n) is 5.97.